The van der Waals surface area contributed by atoms with Gasteiger partial charge in [-0.3, -0.25) is 18.5 Å². The first-order valence-electron chi connectivity index (χ1n) is 12.1. The summed E-state index contributed by atoms with van der Waals surface area (Å²) in [6, 6.07) is 16.0. The number of aliphatic hydroxyl groups excluding tert-OH is 1. The molecule has 0 aliphatic rings. The number of aliphatic hydroxyl groups is 1. The molecule has 0 saturated carbocycles. The first-order valence-corrected chi connectivity index (χ1v) is 12.1. The predicted molar refractivity (Wildman–Crippen MR) is 140 cm³/mol. The number of fused-ring (bicyclic) bond motifs is 1. The van der Waals surface area contributed by atoms with Crippen LogP contribution in [0.15, 0.2) is 58.1 Å². The third kappa shape index (κ3) is 5.27. The lowest BCUT2D eigenvalue weighted by Crippen LogP contribution is -2.40. The highest BCUT2D eigenvalue weighted by atomic mass is 16.5. The molecule has 0 atom stereocenters. The molecule has 0 amide bonds. The molecule has 0 bridgehead atoms. The Morgan fingerprint density at radius 3 is 2.42 bits per heavy atom. The summed E-state index contributed by atoms with van der Waals surface area (Å²) in [4.78, 5) is 33.4. The van der Waals surface area contributed by atoms with Crippen molar-refractivity contribution in [2.45, 2.75) is 46.4 Å². The molecular formula is C27H33N5O4. The molecule has 4 rings (SSSR count). The second-order valence-electron chi connectivity index (χ2n) is 9.19. The van der Waals surface area contributed by atoms with Crippen LogP contribution in [0.25, 0.3) is 11.2 Å². The minimum Gasteiger partial charge on any atom is -0.425 e. The Kier molecular flexibility index (Phi) is 7.71. The van der Waals surface area contributed by atoms with Gasteiger partial charge in [-0.05, 0) is 57.6 Å². The van der Waals surface area contributed by atoms with Gasteiger partial charge < -0.3 is 14.7 Å². The fourth-order valence-corrected chi connectivity index (χ4v) is 4.26. The van der Waals surface area contributed by atoms with Crippen LogP contribution in [-0.2, 0) is 26.2 Å². The van der Waals surface area contributed by atoms with Crippen molar-refractivity contribution in [3.8, 4) is 11.8 Å². The zero-order valence-electron chi connectivity index (χ0n) is 21.3. The van der Waals surface area contributed by atoms with Crippen LogP contribution >= 0.6 is 0 Å². The average molecular weight is 492 g/mol. The van der Waals surface area contributed by atoms with E-state index in [1.54, 1.807) is 4.57 Å². The van der Waals surface area contributed by atoms with E-state index in [2.05, 4.69) is 9.88 Å². The summed E-state index contributed by atoms with van der Waals surface area (Å²) in [6.07, 6.45) is 0.304. The number of hydrogen-bond donors (Lipinski definition) is 1. The first-order chi connectivity index (χ1) is 17.3. The molecule has 2 heterocycles. The van der Waals surface area contributed by atoms with Crippen LogP contribution in [0.1, 0.15) is 30.0 Å². The van der Waals surface area contributed by atoms with Crippen molar-refractivity contribution in [1.29, 1.82) is 0 Å². The maximum absolute atomic E-state index is 13.6. The van der Waals surface area contributed by atoms with E-state index in [1.165, 1.54) is 9.13 Å². The third-order valence-corrected chi connectivity index (χ3v) is 6.00. The Hall–Kier alpha value is -3.69. The van der Waals surface area contributed by atoms with Gasteiger partial charge >= 0.3 is 11.7 Å². The number of ether oxygens (including phenoxy) is 1. The molecule has 4 aromatic rings. The lowest BCUT2D eigenvalue weighted by atomic mass is 10.1. The van der Waals surface area contributed by atoms with Gasteiger partial charge in [-0.25, -0.2) is 4.79 Å². The largest absolute Gasteiger partial charge is 0.425 e. The van der Waals surface area contributed by atoms with E-state index in [0.29, 0.717) is 36.4 Å². The molecule has 0 unspecified atom stereocenters. The van der Waals surface area contributed by atoms with E-state index in [1.807, 2.05) is 76.5 Å². The summed E-state index contributed by atoms with van der Waals surface area (Å²) >= 11 is 0. The Morgan fingerprint density at radius 2 is 1.75 bits per heavy atom. The fourth-order valence-electron chi connectivity index (χ4n) is 4.26. The summed E-state index contributed by atoms with van der Waals surface area (Å²) in [5.74, 6) is 0.598. The quantitative estimate of drug-likeness (QED) is 0.367. The SMILES string of the molecule is CCn1c(=O)n(CCCO)c(=O)c2c1nc(Oc1cccc(CN(C)C)c1)n2Cc1ccc(C)cc1. The molecule has 9 nitrogen and oxygen atoms in total. The highest BCUT2D eigenvalue weighted by molar-refractivity contribution is 5.72. The number of rotatable bonds is 10. The minimum absolute atomic E-state index is 0.115. The molecule has 190 valence electrons. The molecule has 0 radical (unpaired) electrons. The lowest BCUT2D eigenvalue weighted by Gasteiger charge is -2.13. The van der Waals surface area contributed by atoms with Crippen LogP contribution < -0.4 is 16.0 Å². The molecule has 0 saturated heterocycles. The van der Waals surface area contributed by atoms with E-state index in [9.17, 15) is 14.7 Å². The van der Waals surface area contributed by atoms with Crippen molar-refractivity contribution in [3.05, 3.63) is 86.1 Å². The van der Waals surface area contributed by atoms with Gasteiger partial charge in [-0.2, -0.15) is 4.98 Å². The van der Waals surface area contributed by atoms with Crippen LogP contribution in [-0.4, -0.2) is 49.4 Å². The van der Waals surface area contributed by atoms with Crippen molar-refractivity contribution >= 4 is 11.2 Å². The molecule has 1 N–H and O–H groups in total. The fraction of sp³-hybridized carbons (Fsp3) is 0.370. The predicted octanol–water partition coefficient (Wildman–Crippen LogP) is 2.97. The van der Waals surface area contributed by atoms with Crippen LogP contribution in [0.3, 0.4) is 0 Å². The average Bonchev–Trinajstić information content (AvgIpc) is 3.18. The van der Waals surface area contributed by atoms with Gasteiger partial charge in [0.15, 0.2) is 11.2 Å². The first kappa shape index (κ1) is 25.4. The zero-order valence-corrected chi connectivity index (χ0v) is 21.3. The second kappa shape index (κ2) is 10.9. The van der Waals surface area contributed by atoms with E-state index >= 15 is 0 Å². The van der Waals surface area contributed by atoms with Crippen LogP contribution in [0.4, 0.5) is 0 Å². The molecule has 9 heteroatoms. The number of aromatic nitrogens is 4. The highest BCUT2D eigenvalue weighted by Crippen LogP contribution is 2.26. The van der Waals surface area contributed by atoms with Crippen molar-refractivity contribution < 1.29 is 9.84 Å². The standard InChI is InChI=1S/C27H33N5O4/c1-5-30-24-23(25(34)31(27(30)35)14-7-15-33)32(18-20-12-10-19(2)11-13-20)26(28-24)36-22-9-6-8-21(16-22)17-29(3)4/h6,8-13,16,33H,5,7,14-15,17-18H2,1-4H3. The summed E-state index contributed by atoms with van der Waals surface area (Å²) in [6.45, 7) is 5.31. The van der Waals surface area contributed by atoms with Crippen molar-refractivity contribution in [1.82, 2.24) is 23.6 Å². The molecule has 0 fully saturated rings. The Labute approximate surface area is 209 Å². The van der Waals surface area contributed by atoms with Gasteiger partial charge in [0.1, 0.15) is 5.75 Å². The second-order valence-corrected chi connectivity index (χ2v) is 9.19. The molecule has 0 aliphatic heterocycles. The number of nitrogens with zero attached hydrogens (tertiary/aromatic N) is 5. The Morgan fingerprint density at radius 1 is 1.00 bits per heavy atom. The van der Waals surface area contributed by atoms with Crippen LogP contribution in [0, 0.1) is 6.92 Å². The zero-order chi connectivity index (χ0) is 25.8. The highest BCUT2D eigenvalue weighted by Gasteiger charge is 2.22. The van der Waals surface area contributed by atoms with Gasteiger partial charge in [0, 0.05) is 26.2 Å². The van der Waals surface area contributed by atoms with Crippen LogP contribution in [0.5, 0.6) is 11.8 Å². The molecule has 2 aromatic carbocycles. The van der Waals surface area contributed by atoms with Gasteiger partial charge in [-0.1, -0.05) is 42.0 Å². The molecule has 0 aliphatic carbocycles. The van der Waals surface area contributed by atoms with Crippen molar-refractivity contribution in [2.75, 3.05) is 20.7 Å². The summed E-state index contributed by atoms with van der Waals surface area (Å²) < 4.78 is 10.7. The lowest BCUT2D eigenvalue weighted by molar-refractivity contribution is 0.277. The summed E-state index contributed by atoms with van der Waals surface area (Å²) in [7, 11) is 4.00. The minimum atomic E-state index is -0.442. The third-order valence-electron chi connectivity index (χ3n) is 6.00. The summed E-state index contributed by atoms with van der Waals surface area (Å²) in [5.41, 5.74) is 2.90. The van der Waals surface area contributed by atoms with Gasteiger partial charge in [0.2, 0.25) is 0 Å². The number of aryl methyl sites for hydroxylation is 2. The maximum atomic E-state index is 13.6. The monoisotopic (exact) mass is 491 g/mol. The number of benzene rings is 2. The van der Waals surface area contributed by atoms with Crippen molar-refractivity contribution in [2.24, 2.45) is 0 Å². The number of hydrogen-bond acceptors (Lipinski definition) is 6. The molecule has 0 spiro atoms. The Balaban J connectivity index is 1.91. The Bertz CT molecular complexity index is 1460. The summed E-state index contributed by atoms with van der Waals surface area (Å²) in [5, 5.41) is 9.30. The van der Waals surface area contributed by atoms with E-state index in [0.717, 1.165) is 23.2 Å². The smallest absolute Gasteiger partial charge is 0.332 e. The van der Waals surface area contributed by atoms with E-state index in [4.69, 9.17) is 4.74 Å². The van der Waals surface area contributed by atoms with Crippen molar-refractivity contribution in [3.63, 3.8) is 0 Å². The van der Waals surface area contributed by atoms with Gasteiger partial charge in [0.05, 0.1) is 6.54 Å². The molecule has 36 heavy (non-hydrogen) atoms. The normalized spacial score (nSPS) is 11.5. The maximum Gasteiger partial charge on any atom is 0.332 e. The topological polar surface area (TPSA) is 94.5 Å². The molecular weight excluding hydrogens is 458 g/mol. The van der Waals surface area contributed by atoms with Gasteiger partial charge in [0.25, 0.3) is 5.56 Å². The van der Waals surface area contributed by atoms with E-state index < -0.39 is 11.2 Å². The number of imidazole rings is 1. The van der Waals surface area contributed by atoms with E-state index in [-0.39, 0.29) is 19.2 Å². The van der Waals surface area contributed by atoms with Gasteiger partial charge in [-0.15, -0.1) is 0 Å². The van der Waals surface area contributed by atoms with Crippen LogP contribution in [0.2, 0.25) is 0 Å². The molecule has 2 aromatic heterocycles.